The average molecular weight is 260 g/mol. The Morgan fingerprint density at radius 2 is 1.74 bits per heavy atom. The summed E-state index contributed by atoms with van der Waals surface area (Å²) in [4.78, 5) is 2.20. The first kappa shape index (κ1) is 14.4. The zero-order valence-electron chi connectivity index (χ0n) is 12.7. The van der Waals surface area contributed by atoms with Crippen molar-refractivity contribution in [3.63, 3.8) is 0 Å². The van der Waals surface area contributed by atoms with E-state index in [-0.39, 0.29) is 0 Å². The number of rotatable bonds is 5. The minimum absolute atomic E-state index is 0.597. The second kappa shape index (κ2) is 6.95. The van der Waals surface area contributed by atoms with Crippen LogP contribution in [0.15, 0.2) is 24.3 Å². The van der Waals surface area contributed by atoms with Crippen molar-refractivity contribution in [2.24, 2.45) is 5.92 Å². The fraction of sp³-hybridized carbons (Fsp3) is 0.647. The summed E-state index contributed by atoms with van der Waals surface area (Å²) in [5, 5.41) is 3.68. The molecule has 106 valence electrons. The van der Waals surface area contributed by atoms with E-state index in [1.807, 2.05) is 0 Å². The molecule has 2 heteroatoms. The average Bonchev–Trinajstić information content (AvgIpc) is 2.41. The molecule has 0 amide bonds. The Morgan fingerprint density at radius 3 is 2.32 bits per heavy atom. The van der Waals surface area contributed by atoms with Crippen molar-refractivity contribution in [3.8, 4) is 0 Å². The lowest BCUT2D eigenvalue weighted by Gasteiger charge is -2.29. The molecule has 1 N–H and O–H groups in total. The molecule has 1 atom stereocenters. The molecule has 0 heterocycles. The van der Waals surface area contributed by atoms with Crippen molar-refractivity contribution < 1.29 is 0 Å². The normalized spacial score (nSPS) is 18.5. The lowest BCUT2D eigenvalue weighted by atomic mass is 9.84. The molecule has 2 nitrogen and oxygen atoms in total. The van der Waals surface area contributed by atoms with E-state index in [0.29, 0.717) is 6.04 Å². The van der Waals surface area contributed by atoms with Gasteiger partial charge in [0.05, 0.1) is 0 Å². The molecular weight excluding hydrogens is 232 g/mol. The van der Waals surface area contributed by atoms with Gasteiger partial charge in [0, 0.05) is 18.3 Å². The molecule has 1 unspecified atom stereocenters. The second-order valence-corrected chi connectivity index (χ2v) is 6.27. The molecule has 0 aromatic heterocycles. The molecule has 1 saturated carbocycles. The van der Waals surface area contributed by atoms with Crippen LogP contribution in [0.2, 0.25) is 0 Å². The monoisotopic (exact) mass is 260 g/mol. The molecule has 1 aliphatic rings. The van der Waals surface area contributed by atoms with Gasteiger partial charge in [-0.05, 0) is 57.5 Å². The largest absolute Gasteiger partial charge is 0.382 e. The second-order valence-electron chi connectivity index (χ2n) is 6.27. The number of hydrogen-bond acceptors (Lipinski definition) is 2. The third kappa shape index (κ3) is 4.54. The summed E-state index contributed by atoms with van der Waals surface area (Å²) in [7, 11) is 4.22. The summed E-state index contributed by atoms with van der Waals surface area (Å²) in [5.74, 6) is 0.857. The summed E-state index contributed by atoms with van der Waals surface area (Å²) in [6, 6.07) is 9.50. The van der Waals surface area contributed by atoms with Crippen LogP contribution in [-0.2, 0) is 6.54 Å². The standard InChI is InChI=1S/C17H28N2/c1-14(16-7-5-4-6-8-16)18-17-11-9-15(10-12-17)13-19(2)3/h9-12,14,16,18H,4-8,13H2,1-3H3. The van der Waals surface area contributed by atoms with E-state index in [1.54, 1.807) is 0 Å². The number of anilines is 1. The van der Waals surface area contributed by atoms with Gasteiger partial charge in [0.25, 0.3) is 0 Å². The summed E-state index contributed by atoms with van der Waals surface area (Å²) < 4.78 is 0. The fourth-order valence-electron chi connectivity index (χ4n) is 3.09. The number of hydrogen-bond donors (Lipinski definition) is 1. The van der Waals surface area contributed by atoms with Gasteiger partial charge in [-0.2, -0.15) is 0 Å². The van der Waals surface area contributed by atoms with Gasteiger partial charge in [-0.3, -0.25) is 0 Å². The van der Waals surface area contributed by atoms with Crippen molar-refractivity contribution in [2.75, 3.05) is 19.4 Å². The topological polar surface area (TPSA) is 15.3 Å². The Bertz CT molecular complexity index is 363. The Labute approximate surface area is 118 Å². The van der Waals surface area contributed by atoms with E-state index in [9.17, 15) is 0 Å². The molecule has 2 rings (SSSR count). The summed E-state index contributed by atoms with van der Waals surface area (Å²) in [6.07, 6.45) is 7.05. The molecule has 0 radical (unpaired) electrons. The lowest BCUT2D eigenvalue weighted by molar-refractivity contribution is 0.328. The minimum Gasteiger partial charge on any atom is -0.382 e. The van der Waals surface area contributed by atoms with E-state index >= 15 is 0 Å². The van der Waals surface area contributed by atoms with E-state index in [0.717, 1.165) is 12.5 Å². The van der Waals surface area contributed by atoms with Crippen LogP contribution in [0.1, 0.15) is 44.6 Å². The number of nitrogens with zero attached hydrogens (tertiary/aromatic N) is 1. The molecule has 19 heavy (non-hydrogen) atoms. The van der Waals surface area contributed by atoms with Crippen molar-refractivity contribution in [1.29, 1.82) is 0 Å². The van der Waals surface area contributed by atoms with Gasteiger partial charge in [0.1, 0.15) is 0 Å². The van der Waals surface area contributed by atoms with Crippen molar-refractivity contribution in [3.05, 3.63) is 29.8 Å². The third-order valence-corrected chi connectivity index (χ3v) is 4.20. The number of benzene rings is 1. The maximum atomic E-state index is 3.68. The molecule has 1 aromatic carbocycles. The highest BCUT2D eigenvalue weighted by molar-refractivity contribution is 5.45. The van der Waals surface area contributed by atoms with E-state index in [4.69, 9.17) is 0 Å². The van der Waals surface area contributed by atoms with E-state index < -0.39 is 0 Å². The van der Waals surface area contributed by atoms with Crippen LogP contribution in [0.5, 0.6) is 0 Å². The van der Waals surface area contributed by atoms with Crippen LogP contribution in [0.3, 0.4) is 0 Å². The van der Waals surface area contributed by atoms with Gasteiger partial charge < -0.3 is 10.2 Å². The molecule has 1 fully saturated rings. The Hall–Kier alpha value is -1.02. The van der Waals surface area contributed by atoms with Gasteiger partial charge in [0.2, 0.25) is 0 Å². The van der Waals surface area contributed by atoms with Crippen LogP contribution in [0, 0.1) is 5.92 Å². The van der Waals surface area contributed by atoms with Crippen LogP contribution < -0.4 is 5.32 Å². The minimum atomic E-state index is 0.597. The zero-order chi connectivity index (χ0) is 13.7. The van der Waals surface area contributed by atoms with Crippen LogP contribution in [0.4, 0.5) is 5.69 Å². The van der Waals surface area contributed by atoms with Gasteiger partial charge in [-0.15, -0.1) is 0 Å². The van der Waals surface area contributed by atoms with Crippen molar-refractivity contribution >= 4 is 5.69 Å². The lowest BCUT2D eigenvalue weighted by Crippen LogP contribution is -2.27. The third-order valence-electron chi connectivity index (χ3n) is 4.20. The highest BCUT2D eigenvalue weighted by atomic mass is 15.0. The van der Waals surface area contributed by atoms with Crippen LogP contribution in [-0.4, -0.2) is 25.0 Å². The SMILES string of the molecule is CC(Nc1ccc(CN(C)C)cc1)C1CCCCC1. The maximum absolute atomic E-state index is 3.68. The Balaban J connectivity index is 1.87. The van der Waals surface area contributed by atoms with Gasteiger partial charge in [-0.25, -0.2) is 0 Å². The molecule has 1 aliphatic carbocycles. The first-order valence-corrected chi connectivity index (χ1v) is 7.65. The highest BCUT2D eigenvalue weighted by Crippen LogP contribution is 2.28. The maximum Gasteiger partial charge on any atom is 0.0342 e. The fourth-order valence-corrected chi connectivity index (χ4v) is 3.09. The summed E-state index contributed by atoms with van der Waals surface area (Å²) >= 11 is 0. The predicted molar refractivity (Wildman–Crippen MR) is 83.5 cm³/mol. The van der Waals surface area contributed by atoms with Crippen molar-refractivity contribution in [2.45, 2.75) is 51.6 Å². The van der Waals surface area contributed by atoms with Crippen molar-refractivity contribution in [1.82, 2.24) is 4.90 Å². The Morgan fingerprint density at radius 1 is 1.11 bits per heavy atom. The molecule has 1 aromatic rings. The summed E-state index contributed by atoms with van der Waals surface area (Å²) in [5.41, 5.74) is 2.64. The Kier molecular flexibility index (Phi) is 5.26. The van der Waals surface area contributed by atoms with Gasteiger partial charge in [0.15, 0.2) is 0 Å². The zero-order valence-corrected chi connectivity index (χ0v) is 12.7. The van der Waals surface area contributed by atoms with Gasteiger partial charge >= 0.3 is 0 Å². The van der Waals surface area contributed by atoms with Crippen LogP contribution in [0.25, 0.3) is 0 Å². The first-order chi connectivity index (χ1) is 9.15. The molecular formula is C17H28N2. The highest BCUT2D eigenvalue weighted by Gasteiger charge is 2.19. The summed E-state index contributed by atoms with van der Waals surface area (Å²) in [6.45, 7) is 3.35. The predicted octanol–water partition coefficient (Wildman–Crippen LogP) is 4.13. The molecule has 0 bridgehead atoms. The molecule has 0 saturated heterocycles. The quantitative estimate of drug-likeness (QED) is 0.856. The molecule has 0 aliphatic heterocycles. The first-order valence-electron chi connectivity index (χ1n) is 7.65. The van der Waals surface area contributed by atoms with Crippen LogP contribution >= 0.6 is 0 Å². The smallest absolute Gasteiger partial charge is 0.0342 e. The van der Waals surface area contributed by atoms with E-state index in [2.05, 4.69) is 55.5 Å². The molecule has 0 spiro atoms. The number of nitrogens with one attached hydrogen (secondary N) is 1. The van der Waals surface area contributed by atoms with E-state index in [1.165, 1.54) is 43.4 Å². The van der Waals surface area contributed by atoms with Gasteiger partial charge in [-0.1, -0.05) is 31.4 Å².